The van der Waals surface area contributed by atoms with Gasteiger partial charge in [0.25, 0.3) is 0 Å². The molecule has 0 aliphatic carbocycles. The zero-order chi connectivity index (χ0) is 13.7. The van der Waals surface area contributed by atoms with Gasteiger partial charge in [0.05, 0.1) is 0 Å². The lowest BCUT2D eigenvalue weighted by Crippen LogP contribution is -2.00. The number of ether oxygens (including phenoxy) is 1. The lowest BCUT2D eigenvalue weighted by Gasteiger charge is -2.15. The summed E-state index contributed by atoms with van der Waals surface area (Å²) >= 11 is 1.77. The SMILES string of the molecule is CSc1ccc(OCc2ccccc2)c(C(C)C)c1. The Kier molecular flexibility index (Phi) is 4.92. The van der Waals surface area contributed by atoms with Crippen LogP contribution in [0.3, 0.4) is 0 Å². The van der Waals surface area contributed by atoms with E-state index < -0.39 is 0 Å². The third kappa shape index (κ3) is 3.77. The minimum atomic E-state index is 0.470. The maximum absolute atomic E-state index is 5.97. The molecule has 2 aromatic rings. The van der Waals surface area contributed by atoms with E-state index in [0.717, 1.165) is 5.75 Å². The Morgan fingerprint density at radius 2 is 1.79 bits per heavy atom. The number of benzene rings is 2. The second-order valence-electron chi connectivity index (χ2n) is 4.83. The van der Waals surface area contributed by atoms with Crippen molar-refractivity contribution in [2.24, 2.45) is 0 Å². The Bertz CT molecular complexity index is 520. The van der Waals surface area contributed by atoms with E-state index in [1.54, 1.807) is 11.8 Å². The number of hydrogen-bond donors (Lipinski definition) is 0. The molecule has 0 aromatic heterocycles. The van der Waals surface area contributed by atoms with Crippen molar-refractivity contribution >= 4 is 11.8 Å². The van der Waals surface area contributed by atoms with Gasteiger partial charge in [-0.3, -0.25) is 0 Å². The van der Waals surface area contributed by atoms with Crippen LogP contribution in [0.25, 0.3) is 0 Å². The molecule has 0 saturated heterocycles. The van der Waals surface area contributed by atoms with E-state index in [0.29, 0.717) is 12.5 Å². The molecular formula is C17H20OS. The molecule has 0 aliphatic rings. The molecule has 0 heterocycles. The molecule has 0 N–H and O–H groups in total. The zero-order valence-corrected chi connectivity index (χ0v) is 12.5. The number of thioether (sulfide) groups is 1. The van der Waals surface area contributed by atoms with Gasteiger partial charge in [0.2, 0.25) is 0 Å². The second-order valence-corrected chi connectivity index (χ2v) is 5.71. The topological polar surface area (TPSA) is 9.23 Å². The standard InChI is InChI=1S/C17H20OS/c1-13(2)16-11-15(19-3)9-10-17(16)18-12-14-7-5-4-6-8-14/h4-11,13H,12H2,1-3H3. The van der Waals surface area contributed by atoms with Crippen LogP contribution in [0.15, 0.2) is 53.4 Å². The molecule has 0 atom stereocenters. The average Bonchev–Trinajstić information content (AvgIpc) is 2.46. The van der Waals surface area contributed by atoms with E-state index in [9.17, 15) is 0 Å². The van der Waals surface area contributed by atoms with E-state index in [-0.39, 0.29) is 0 Å². The lowest BCUT2D eigenvalue weighted by molar-refractivity contribution is 0.301. The fourth-order valence-electron chi connectivity index (χ4n) is 1.97. The fraction of sp³-hybridized carbons (Fsp3) is 0.294. The molecule has 0 bridgehead atoms. The molecule has 1 nitrogen and oxygen atoms in total. The van der Waals surface area contributed by atoms with E-state index in [1.807, 2.05) is 18.2 Å². The molecule has 0 radical (unpaired) electrons. The second kappa shape index (κ2) is 6.67. The monoisotopic (exact) mass is 272 g/mol. The highest BCUT2D eigenvalue weighted by Crippen LogP contribution is 2.31. The first-order valence-electron chi connectivity index (χ1n) is 6.55. The smallest absolute Gasteiger partial charge is 0.123 e. The number of hydrogen-bond acceptors (Lipinski definition) is 2. The van der Waals surface area contributed by atoms with Gasteiger partial charge in [0, 0.05) is 4.90 Å². The van der Waals surface area contributed by atoms with E-state index in [2.05, 4.69) is 50.4 Å². The van der Waals surface area contributed by atoms with Crippen molar-refractivity contribution in [3.63, 3.8) is 0 Å². The summed E-state index contributed by atoms with van der Waals surface area (Å²) in [7, 11) is 0. The molecule has 100 valence electrons. The third-order valence-electron chi connectivity index (χ3n) is 3.08. The summed E-state index contributed by atoms with van der Waals surface area (Å²) in [6.07, 6.45) is 2.10. The van der Waals surface area contributed by atoms with Gasteiger partial charge in [-0.05, 0) is 41.5 Å². The van der Waals surface area contributed by atoms with Crippen LogP contribution >= 0.6 is 11.8 Å². The number of rotatable bonds is 5. The fourth-order valence-corrected chi connectivity index (χ4v) is 2.42. The molecule has 2 rings (SSSR count). The van der Waals surface area contributed by atoms with Crippen LogP contribution in [0.2, 0.25) is 0 Å². The summed E-state index contributed by atoms with van der Waals surface area (Å²) in [6, 6.07) is 16.7. The summed E-state index contributed by atoms with van der Waals surface area (Å²) in [6.45, 7) is 5.03. The summed E-state index contributed by atoms with van der Waals surface area (Å²) in [5.41, 5.74) is 2.48. The highest BCUT2D eigenvalue weighted by molar-refractivity contribution is 7.98. The van der Waals surface area contributed by atoms with Gasteiger partial charge >= 0.3 is 0 Å². The van der Waals surface area contributed by atoms with E-state index in [4.69, 9.17) is 4.74 Å². The Balaban J connectivity index is 2.15. The van der Waals surface area contributed by atoms with Crippen LogP contribution in [0.4, 0.5) is 0 Å². The van der Waals surface area contributed by atoms with Crippen LogP contribution in [-0.2, 0) is 6.61 Å². The molecule has 0 aliphatic heterocycles. The Hall–Kier alpha value is -1.41. The van der Waals surface area contributed by atoms with Crippen LogP contribution in [0.5, 0.6) is 5.75 Å². The van der Waals surface area contributed by atoms with Crippen LogP contribution in [-0.4, -0.2) is 6.26 Å². The van der Waals surface area contributed by atoms with Gasteiger partial charge < -0.3 is 4.74 Å². The van der Waals surface area contributed by atoms with Crippen molar-refractivity contribution in [3.05, 3.63) is 59.7 Å². The maximum atomic E-state index is 5.97. The molecule has 2 aromatic carbocycles. The maximum Gasteiger partial charge on any atom is 0.123 e. The molecular weight excluding hydrogens is 252 g/mol. The first-order valence-corrected chi connectivity index (χ1v) is 7.78. The molecule has 2 heteroatoms. The zero-order valence-electron chi connectivity index (χ0n) is 11.7. The van der Waals surface area contributed by atoms with Crippen LogP contribution < -0.4 is 4.74 Å². The Morgan fingerprint density at radius 3 is 2.42 bits per heavy atom. The first kappa shape index (κ1) is 14.0. The predicted molar refractivity (Wildman–Crippen MR) is 83.1 cm³/mol. The predicted octanol–water partition coefficient (Wildman–Crippen LogP) is 5.11. The van der Waals surface area contributed by atoms with Gasteiger partial charge in [-0.1, -0.05) is 44.2 Å². The Morgan fingerprint density at radius 1 is 1.05 bits per heavy atom. The minimum absolute atomic E-state index is 0.470. The lowest BCUT2D eigenvalue weighted by atomic mass is 10.0. The molecule has 0 spiro atoms. The minimum Gasteiger partial charge on any atom is -0.489 e. The summed E-state index contributed by atoms with van der Waals surface area (Å²) < 4.78 is 5.97. The van der Waals surface area contributed by atoms with Gasteiger partial charge in [-0.2, -0.15) is 0 Å². The highest BCUT2D eigenvalue weighted by Gasteiger charge is 2.09. The quantitative estimate of drug-likeness (QED) is 0.699. The van der Waals surface area contributed by atoms with Crippen molar-refractivity contribution in [3.8, 4) is 5.75 Å². The summed E-state index contributed by atoms with van der Waals surface area (Å²) in [5.74, 6) is 1.47. The van der Waals surface area contributed by atoms with Gasteiger partial charge in [0.1, 0.15) is 12.4 Å². The van der Waals surface area contributed by atoms with Crippen molar-refractivity contribution < 1.29 is 4.74 Å². The third-order valence-corrected chi connectivity index (χ3v) is 3.80. The van der Waals surface area contributed by atoms with Crippen LogP contribution in [0.1, 0.15) is 30.9 Å². The average molecular weight is 272 g/mol. The Labute approximate surface area is 120 Å². The van der Waals surface area contributed by atoms with E-state index >= 15 is 0 Å². The van der Waals surface area contributed by atoms with Crippen molar-refractivity contribution in [1.29, 1.82) is 0 Å². The van der Waals surface area contributed by atoms with Crippen molar-refractivity contribution in [2.45, 2.75) is 31.3 Å². The molecule has 0 unspecified atom stereocenters. The largest absolute Gasteiger partial charge is 0.489 e. The highest BCUT2D eigenvalue weighted by atomic mass is 32.2. The van der Waals surface area contributed by atoms with Gasteiger partial charge in [0.15, 0.2) is 0 Å². The molecule has 0 saturated carbocycles. The van der Waals surface area contributed by atoms with Crippen molar-refractivity contribution in [2.75, 3.05) is 6.26 Å². The molecule has 0 amide bonds. The molecule has 0 fully saturated rings. The van der Waals surface area contributed by atoms with Gasteiger partial charge in [-0.25, -0.2) is 0 Å². The van der Waals surface area contributed by atoms with Gasteiger partial charge in [-0.15, -0.1) is 11.8 Å². The molecule has 19 heavy (non-hydrogen) atoms. The van der Waals surface area contributed by atoms with E-state index in [1.165, 1.54) is 16.0 Å². The van der Waals surface area contributed by atoms with Crippen LogP contribution in [0, 0.1) is 0 Å². The normalized spacial score (nSPS) is 10.7. The van der Waals surface area contributed by atoms with Crippen molar-refractivity contribution in [1.82, 2.24) is 0 Å². The first-order chi connectivity index (χ1) is 9.20. The summed E-state index contributed by atoms with van der Waals surface area (Å²) in [4.78, 5) is 1.29. The summed E-state index contributed by atoms with van der Waals surface area (Å²) in [5, 5.41) is 0.